The molecule has 2 fully saturated rings. The van der Waals surface area contributed by atoms with E-state index >= 15 is 0 Å². The van der Waals surface area contributed by atoms with Crippen molar-refractivity contribution in [3.05, 3.63) is 12.2 Å². The van der Waals surface area contributed by atoms with Gasteiger partial charge in [-0.15, -0.1) is 0 Å². The van der Waals surface area contributed by atoms with Crippen molar-refractivity contribution in [3.8, 4) is 0 Å². The molecule has 1 heteroatoms. The first-order valence-corrected chi connectivity index (χ1v) is 6.66. The summed E-state index contributed by atoms with van der Waals surface area (Å²) in [5.41, 5.74) is 1.27. The maximum Gasteiger partial charge on any atom is 0.139 e. The number of ketones is 1. The second-order valence-electron chi connectivity index (χ2n) is 6.35. The van der Waals surface area contributed by atoms with Gasteiger partial charge in [0.25, 0.3) is 0 Å². The fourth-order valence-electron chi connectivity index (χ4n) is 3.61. The van der Waals surface area contributed by atoms with Gasteiger partial charge in [-0.1, -0.05) is 32.9 Å². The zero-order valence-electron chi connectivity index (χ0n) is 10.9. The van der Waals surface area contributed by atoms with Gasteiger partial charge in [0.05, 0.1) is 0 Å². The number of rotatable bonds is 1. The van der Waals surface area contributed by atoms with Crippen LogP contribution in [-0.2, 0) is 4.79 Å². The number of fused-ring (bicyclic) bond motifs is 1. The molecule has 0 heterocycles. The average molecular weight is 220 g/mol. The number of hydrogen-bond donors (Lipinski definition) is 0. The summed E-state index contributed by atoms with van der Waals surface area (Å²) in [4.78, 5) is 12.4. The zero-order chi connectivity index (χ0) is 11.9. The molecule has 2 saturated carbocycles. The quantitative estimate of drug-likeness (QED) is 0.611. The minimum atomic E-state index is -0.0687. The van der Waals surface area contributed by atoms with Gasteiger partial charge >= 0.3 is 0 Å². The van der Waals surface area contributed by atoms with Crippen molar-refractivity contribution < 1.29 is 4.79 Å². The van der Waals surface area contributed by atoms with E-state index in [-0.39, 0.29) is 5.41 Å². The number of carbonyl (C=O) groups excluding carboxylic acids is 1. The van der Waals surface area contributed by atoms with Gasteiger partial charge in [0.15, 0.2) is 0 Å². The zero-order valence-corrected chi connectivity index (χ0v) is 10.9. The van der Waals surface area contributed by atoms with Crippen LogP contribution in [0.15, 0.2) is 12.2 Å². The normalized spacial score (nSPS) is 40.0. The van der Waals surface area contributed by atoms with E-state index in [9.17, 15) is 4.79 Å². The van der Waals surface area contributed by atoms with Crippen molar-refractivity contribution in [2.45, 2.75) is 52.9 Å². The molecule has 0 aliphatic heterocycles. The summed E-state index contributed by atoms with van der Waals surface area (Å²) in [5.74, 6) is 2.18. The van der Waals surface area contributed by atoms with E-state index in [0.717, 1.165) is 25.7 Å². The maximum absolute atomic E-state index is 12.4. The minimum Gasteiger partial charge on any atom is -0.299 e. The SMILES string of the molecule is C=C1CCCC2(C)C(=O)CC(C(C)C)CC12. The largest absolute Gasteiger partial charge is 0.299 e. The lowest BCUT2D eigenvalue weighted by Crippen LogP contribution is -2.46. The van der Waals surface area contributed by atoms with E-state index in [1.165, 1.54) is 12.0 Å². The lowest BCUT2D eigenvalue weighted by Gasteiger charge is -2.48. The van der Waals surface area contributed by atoms with Crippen LogP contribution in [0.25, 0.3) is 0 Å². The van der Waals surface area contributed by atoms with Crippen LogP contribution in [0.3, 0.4) is 0 Å². The second kappa shape index (κ2) is 4.01. The molecule has 0 aromatic rings. The van der Waals surface area contributed by atoms with Crippen molar-refractivity contribution in [2.24, 2.45) is 23.2 Å². The molecule has 3 atom stereocenters. The molecular formula is C15H24O. The topological polar surface area (TPSA) is 17.1 Å². The first-order chi connectivity index (χ1) is 7.45. The van der Waals surface area contributed by atoms with Gasteiger partial charge in [-0.3, -0.25) is 4.79 Å². The second-order valence-corrected chi connectivity index (χ2v) is 6.35. The van der Waals surface area contributed by atoms with Crippen LogP contribution >= 0.6 is 0 Å². The predicted molar refractivity (Wildman–Crippen MR) is 67.2 cm³/mol. The average Bonchev–Trinajstić information content (AvgIpc) is 2.20. The molecule has 3 unspecified atom stereocenters. The van der Waals surface area contributed by atoms with E-state index in [0.29, 0.717) is 23.5 Å². The molecule has 2 rings (SSSR count). The van der Waals surface area contributed by atoms with E-state index in [1.807, 2.05) is 0 Å². The number of Topliss-reactive ketones (excluding diaryl/α,β-unsaturated/α-hetero) is 1. The highest BCUT2D eigenvalue weighted by Crippen LogP contribution is 2.52. The molecule has 0 aromatic heterocycles. The van der Waals surface area contributed by atoms with Crippen LogP contribution in [0.4, 0.5) is 0 Å². The summed E-state index contributed by atoms with van der Waals surface area (Å²) in [7, 11) is 0. The van der Waals surface area contributed by atoms with Gasteiger partial charge < -0.3 is 0 Å². The van der Waals surface area contributed by atoms with Crippen LogP contribution in [-0.4, -0.2) is 5.78 Å². The van der Waals surface area contributed by atoms with Crippen LogP contribution in [0.5, 0.6) is 0 Å². The Morgan fingerprint density at radius 3 is 2.75 bits per heavy atom. The first kappa shape index (κ1) is 11.9. The van der Waals surface area contributed by atoms with E-state index in [1.54, 1.807) is 0 Å². The first-order valence-electron chi connectivity index (χ1n) is 6.66. The summed E-state index contributed by atoms with van der Waals surface area (Å²) in [6, 6.07) is 0. The Bertz CT molecular complexity index is 315. The Morgan fingerprint density at radius 2 is 2.12 bits per heavy atom. The van der Waals surface area contributed by atoms with Crippen LogP contribution in [0.1, 0.15) is 52.9 Å². The summed E-state index contributed by atoms with van der Waals surface area (Å²) in [5, 5.41) is 0. The molecule has 0 bridgehead atoms. The summed E-state index contributed by atoms with van der Waals surface area (Å²) < 4.78 is 0. The van der Waals surface area contributed by atoms with E-state index < -0.39 is 0 Å². The molecule has 90 valence electrons. The number of hydrogen-bond acceptors (Lipinski definition) is 1. The Labute approximate surface area is 99.3 Å². The molecule has 1 nitrogen and oxygen atoms in total. The van der Waals surface area contributed by atoms with Crippen molar-refractivity contribution in [1.82, 2.24) is 0 Å². The van der Waals surface area contributed by atoms with Crippen molar-refractivity contribution in [3.63, 3.8) is 0 Å². The van der Waals surface area contributed by atoms with Gasteiger partial charge in [-0.2, -0.15) is 0 Å². The Morgan fingerprint density at radius 1 is 1.44 bits per heavy atom. The van der Waals surface area contributed by atoms with E-state index in [4.69, 9.17) is 0 Å². The molecule has 2 aliphatic rings. The van der Waals surface area contributed by atoms with Gasteiger partial charge in [0.2, 0.25) is 0 Å². The lowest BCUT2D eigenvalue weighted by atomic mass is 9.55. The molecule has 0 amide bonds. The lowest BCUT2D eigenvalue weighted by molar-refractivity contribution is -0.137. The highest BCUT2D eigenvalue weighted by molar-refractivity contribution is 5.86. The van der Waals surface area contributed by atoms with E-state index in [2.05, 4.69) is 27.4 Å². The van der Waals surface area contributed by atoms with Crippen LogP contribution in [0, 0.1) is 23.2 Å². The fraction of sp³-hybridized carbons (Fsp3) is 0.800. The molecule has 0 N–H and O–H groups in total. The van der Waals surface area contributed by atoms with Gasteiger partial charge in [-0.05, 0) is 43.4 Å². The molecule has 0 radical (unpaired) electrons. The molecule has 0 aromatic carbocycles. The third-order valence-corrected chi connectivity index (χ3v) is 5.02. The summed E-state index contributed by atoms with van der Waals surface area (Å²) in [6.45, 7) is 10.9. The predicted octanol–water partition coefficient (Wildman–Crippen LogP) is 3.98. The van der Waals surface area contributed by atoms with Crippen LogP contribution < -0.4 is 0 Å². The van der Waals surface area contributed by atoms with Crippen LogP contribution in [0.2, 0.25) is 0 Å². The molecular weight excluding hydrogens is 196 g/mol. The molecule has 0 saturated heterocycles. The minimum absolute atomic E-state index is 0.0687. The maximum atomic E-state index is 12.4. The highest BCUT2D eigenvalue weighted by Gasteiger charge is 2.48. The smallest absolute Gasteiger partial charge is 0.139 e. The number of allylic oxidation sites excluding steroid dienone is 1. The van der Waals surface area contributed by atoms with Crippen molar-refractivity contribution in [1.29, 1.82) is 0 Å². The standard InChI is InChI=1S/C15H24O/c1-10(2)12-8-13-11(3)6-5-7-15(13,4)14(16)9-12/h10,12-13H,3,5-9H2,1-2,4H3. The highest BCUT2D eigenvalue weighted by atomic mass is 16.1. The Hall–Kier alpha value is -0.590. The third kappa shape index (κ3) is 1.74. The molecule has 2 aliphatic carbocycles. The monoisotopic (exact) mass is 220 g/mol. The summed E-state index contributed by atoms with van der Waals surface area (Å²) in [6.07, 6.45) is 5.37. The molecule has 16 heavy (non-hydrogen) atoms. The number of carbonyl (C=O) groups is 1. The van der Waals surface area contributed by atoms with Crippen molar-refractivity contribution >= 4 is 5.78 Å². The Balaban J connectivity index is 2.25. The van der Waals surface area contributed by atoms with Gasteiger partial charge in [-0.25, -0.2) is 0 Å². The fourth-order valence-corrected chi connectivity index (χ4v) is 3.61. The third-order valence-electron chi connectivity index (χ3n) is 5.02. The Kier molecular flexibility index (Phi) is 2.98. The summed E-state index contributed by atoms with van der Waals surface area (Å²) >= 11 is 0. The van der Waals surface area contributed by atoms with Crippen molar-refractivity contribution in [2.75, 3.05) is 0 Å². The molecule has 0 spiro atoms. The van der Waals surface area contributed by atoms with Gasteiger partial charge in [0.1, 0.15) is 5.78 Å². The van der Waals surface area contributed by atoms with Gasteiger partial charge in [0, 0.05) is 11.8 Å².